The highest BCUT2D eigenvalue weighted by molar-refractivity contribution is 5.78. The van der Waals surface area contributed by atoms with E-state index < -0.39 is 0 Å². The van der Waals surface area contributed by atoms with Gasteiger partial charge in [-0.2, -0.15) is 0 Å². The molecule has 0 aromatic carbocycles. The van der Waals surface area contributed by atoms with E-state index in [9.17, 15) is 4.79 Å². The molecule has 0 atom stereocenters. The van der Waals surface area contributed by atoms with Gasteiger partial charge in [-0.25, -0.2) is 0 Å². The van der Waals surface area contributed by atoms with Crippen LogP contribution < -0.4 is 5.32 Å². The van der Waals surface area contributed by atoms with Crippen molar-refractivity contribution in [3.63, 3.8) is 0 Å². The Kier molecular flexibility index (Phi) is 7.46. The highest BCUT2D eigenvalue weighted by Gasteiger charge is 2.22. The van der Waals surface area contributed by atoms with Gasteiger partial charge in [-0.3, -0.25) is 4.79 Å². The fourth-order valence-electron chi connectivity index (χ4n) is 3.81. The van der Waals surface area contributed by atoms with Crippen LogP contribution in [0.3, 0.4) is 0 Å². The smallest absolute Gasteiger partial charge is 0.223 e. The van der Waals surface area contributed by atoms with Crippen molar-refractivity contribution in [2.75, 3.05) is 0 Å². The van der Waals surface area contributed by atoms with E-state index in [0.717, 1.165) is 12.8 Å². The summed E-state index contributed by atoms with van der Waals surface area (Å²) in [7, 11) is 0. The fraction of sp³-hybridized carbons (Fsp3) is 0.944. The lowest BCUT2D eigenvalue weighted by atomic mass is 9.90. The van der Waals surface area contributed by atoms with E-state index in [0.29, 0.717) is 17.9 Å². The van der Waals surface area contributed by atoms with Crippen molar-refractivity contribution >= 4 is 5.91 Å². The summed E-state index contributed by atoms with van der Waals surface area (Å²) in [5, 5.41) is 3.39. The van der Waals surface area contributed by atoms with Crippen LogP contribution in [0.15, 0.2) is 0 Å². The number of hydrogen-bond donors (Lipinski definition) is 1. The largest absolute Gasteiger partial charge is 0.353 e. The Morgan fingerprint density at radius 2 is 1.00 bits per heavy atom. The third-order valence-electron chi connectivity index (χ3n) is 5.18. The standard InChI is InChI=1S/C18H33NO/c20-18(16-12-8-4-3-5-9-13-16)19-17-14-10-6-1-2-7-11-15-17/h16-17H,1-15H2,(H,19,20). The Morgan fingerprint density at radius 1 is 0.600 bits per heavy atom. The van der Waals surface area contributed by atoms with Gasteiger partial charge in [-0.05, 0) is 25.7 Å². The van der Waals surface area contributed by atoms with Crippen LogP contribution in [0.2, 0.25) is 0 Å². The SMILES string of the molecule is O=C(NC1CCCCCCCC1)C1CCCCCCC1. The zero-order valence-electron chi connectivity index (χ0n) is 13.2. The van der Waals surface area contributed by atoms with E-state index in [1.165, 1.54) is 83.5 Å². The van der Waals surface area contributed by atoms with Crippen molar-refractivity contribution in [3.8, 4) is 0 Å². The normalized spacial score (nSPS) is 24.8. The van der Waals surface area contributed by atoms with E-state index in [4.69, 9.17) is 0 Å². The van der Waals surface area contributed by atoms with Crippen molar-refractivity contribution in [1.29, 1.82) is 0 Å². The lowest BCUT2D eigenvalue weighted by Crippen LogP contribution is -2.39. The number of amides is 1. The summed E-state index contributed by atoms with van der Waals surface area (Å²) in [5.74, 6) is 0.680. The molecule has 0 aliphatic heterocycles. The van der Waals surface area contributed by atoms with Gasteiger partial charge in [-0.1, -0.05) is 70.6 Å². The van der Waals surface area contributed by atoms with Crippen molar-refractivity contribution in [2.45, 2.75) is 102 Å². The van der Waals surface area contributed by atoms with Gasteiger partial charge in [0.05, 0.1) is 0 Å². The van der Waals surface area contributed by atoms with E-state index in [1.54, 1.807) is 0 Å². The van der Waals surface area contributed by atoms with Gasteiger partial charge < -0.3 is 5.32 Å². The Balaban J connectivity index is 1.77. The molecule has 2 fully saturated rings. The second kappa shape index (κ2) is 9.41. The third kappa shape index (κ3) is 5.85. The highest BCUT2D eigenvalue weighted by Crippen LogP contribution is 2.23. The predicted molar refractivity (Wildman–Crippen MR) is 84.7 cm³/mol. The molecule has 0 unspecified atom stereocenters. The van der Waals surface area contributed by atoms with Gasteiger partial charge in [0.15, 0.2) is 0 Å². The topological polar surface area (TPSA) is 29.1 Å². The van der Waals surface area contributed by atoms with Crippen LogP contribution in [0.4, 0.5) is 0 Å². The van der Waals surface area contributed by atoms with Gasteiger partial charge in [0.2, 0.25) is 5.91 Å². The third-order valence-corrected chi connectivity index (χ3v) is 5.18. The van der Waals surface area contributed by atoms with Crippen molar-refractivity contribution < 1.29 is 4.79 Å². The first-order valence-electron chi connectivity index (χ1n) is 9.16. The fourth-order valence-corrected chi connectivity index (χ4v) is 3.81. The molecule has 0 spiro atoms. The maximum absolute atomic E-state index is 12.5. The number of carbonyl (C=O) groups is 1. The average Bonchev–Trinajstić information content (AvgIpc) is 2.52. The average molecular weight is 279 g/mol. The summed E-state index contributed by atoms with van der Waals surface area (Å²) in [6.45, 7) is 0. The summed E-state index contributed by atoms with van der Waals surface area (Å²) in [4.78, 5) is 12.5. The van der Waals surface area contributed by atoms with Gasteiger partial charge in [-0.15, -0.1) is 0 Å². The first-order valence-corrected chi connectivity index (χ1v) is 9.16. The molecule has 0 aromatic heterocycles. The first kappa shape index (κ1) is 15.9. The molecule has 2 saturated carbocycles. The highest BCUT2D eigenvalue weighted by atomic mass is 16.1. The molecule has 0 radical (unpaired) electrons. The van der Waals surface area contributed by atoms with Crippen molar-refractivity contribution in [1.82, 2.24) is 5.32 Å². The molecule has 20 heavy (non-hydrogen) atoms. The monoisotopic (exact) mass is 279 g/mol. The maximum atomic E-state index is 12.5. The Labute approximate surface area is 125 Å². The minimum absolute atomic E-state index is 0.308. The number of hydrogen-bond acceptors (Lipinski definition) is 1. The van der Waals surface area contributed by atoms with Crippen LogP contribution in [0.5, 0.6) is 0 Å². The van der Waals surface area contributed by atoms with Crippen molar-refractivity contribution in [2.24, 2.45) is 5.92 Å². The maximum Gasteiger partial charge on any atom is 0.223 e. The first-order chi connectivity index (χ1) is 9.86. The molecule has 2 aliphatic rings. The predicted octanol–water partition coefficient (Wildman–Crippen LogP) is 4.97. The molecule has 0 saturated heterocycles. The van der Waals surface area contributed by atoms with Crippen LogP contribution in [0, 0.1) is 5.92 Å². The number of nitrogens with one attached hydrogen (secondary N) is 1. The molecule has 2 nitrogen and oxygen atoms in total. The molecule has 0 heterocycles. The lowest BCUT2D eigenvalue weighted by Gasteiger charge is -2.23. The van der Waals surface area contributed by atoms with Crippen LogP contribution in [0.25, 0.3) is 0 Å². The van der Waals surface area contributed by atoms with Crippen LogP contribution >= 0.6 is 0 Å². The van der Waals surface area contributed by atoms with Crippen LogP contribution in [0.1, 0.15) is 96.3 Å². The Morgan fingerprint density at radius 3 is 1.50 bits per heavy atom. The summed E-state index contributed by atoms with van der Waals surface area (Å²) in [5.41, 5.74) is 0. The molecule has 2 rings (SSSR count). The molecule has 2 heteroatoms. The Hall–Kier alpha value is -0.530. The van der Waals surface area contributed by atoms with E-state index in [-0.39, 0.29) is 0 Å². The lowest BCUT2D eigenvalue weighted by molar-refractivity contribution is -0.126. The van der Waals surface area contributed by atoms with E-state index >= 15 is 0 Å². The summed E-state index contributed by atoms with van der Waals surface area (Å²) >= 11 is 0. The van der Waals surface area contributed by atoms with Gasteiger partial charge in [0.1, 0.15) is 0 Å². The van der Waals surface area contributed by atoms with Gasteiger partial charge in [0, 0.05) is 12.0 Å². The summed E-state index contributed by atoms with van der Waals surface area (Å²) < 4.78 is 0. The molecule has 1 N–H and O–H groups in total. The van der Waals surface area contributed by atoms with Crippen molar-refractivity contribution in [3.05, 3.63) is 0 Å². The number of rotatable bonds is 2. The zero-order valence-corrected chi connectivity index (χ0v) is 13.2. The second-order valence-corrected chi connectivity index (χ2v) is 6.95. The second-order valence-electron chi connectivity index (χ2n) is 6.95. The quantitative estimate of drug-likeness (QED) is 0.760. The van der Waals surface area contributed by atoms with Gasteiger partial charge in [0.25, 0.3) is 0 Å². The molecular formula is C18H33NO. The molecular weight excluding hydrogens is 246 g/mol. The van der Waals surface area contributed by atoms with E-state index in [1.807, 2.05) is 0 Å². The van der Waals surface area contributed by atoms with E-state index in [2.05, 4.69) is 5.32 Å². The van der Waals surface area contributed by atoms with Gasteiger partial charge >= 0.3 is 0 Å². The number of carbonyl (C=O) groups excluding carboxylic acids is 1. The van der Waals surface area contributed by atoms with Crippen LogP contribution in [-0.4, -0.2) is 11.9 Å². The summed E-state index contributed by atoms with van der Waals surface area (Å²) in [6, 6.07) is 0.464. The minimum Gasteiger partial charge on any atom is -0.353 e. The molecule has 2 aliphatic carbocycles. The molecule has 0 aromatic rings. The molecule has 0 bridgehead atoms. The Bertz CT molecular complexity index is 259. The minimum atomic E-state index is 0.308. The summed E-state index contributed by atoms with van der Waals surface area (Å²) in [6.07, 6.45) is 19.3. The zero-order chi connectivity index (χ0) is 14.0. The molecule has 1 amide bonds. The molecule has 116 valence electrons. The van der Waals surface area contributed by atoms with Crippen LogP contribution in [-0.2, 0) is 4.79 Å².